The highest BCUT2D eigenvalue weighted by Gasteiger charge is 2.30. The van der Waals surface area contributed by atoms with Crippen molar-refractivity contribution in [1.29, 1.82) is 0 Å². The molecule has 1 aliphatic rings. The Hall–Kier alpha value is -2.66. The Morgan fingerprint density at radius 1 is 1.07 bits per heavy atom. The number of fused-ring (bicyclic) bond motifs is 1. The Morgan fingerprint density at radius 3 is 2.78 bits per heavy atom. The quantitative estimate of drug-likeness (QED) is 0.721. The number of hydrogen-bond donors (Lipinski definition) is 1. The van der Waals surface area contributed by atoms with Gasteiger partial charge in [-0.15, -0.1) is 0 Å². The van der Waals surface area contributed by atoms with Crippen LogP contribution < -0.4 is 0 Å². The largest absolute Gasteiger partial charge is 0.508 e. The number of aromatic nitrogens is 1. The van der Waals surface area contributed by atoms with E-state index in [9.17, 15) is 13.9 Å². The van der Waals surface area contributed by atoms with Crippen molar-refractivity contribution in [2.24, 2.45) is 0 Å². The van der Waals surface area contributed by atoms with Crippen LogP contribution in [0.5, 0.6) is 5.75 Å². The number of nitrogens with zero attached hydrogens (tertiary/aromatic N) is 2. The summed E-state index contributed by atoms with van der Waals surface area (Å²) in [6, 6.07) is 12.6. The second-order valence-electron chi connectivity index (χ2n) is 7.15. The van der Waals surface area contributed by atoms with Gasteiger partial charge in [0.2, 0.25) is 0 Å². The molecule has 0 saturated carbocycles. The predicted molar refractivity (Wildman–Crippen MR) is 101 cm³/mol. The molecule has 2 aromatic carbocycles. The molecule has 0 amide bonds. The summed E-state index contributed by atoms with van der Waals surface area (Å²) in [5.41, 5.74) is 3.10. The van der Waals surface area contributed by atoms with Crippen LogP contribution in [-0.4, -0.2) is 21.1 Å². The molecule has 1 N–H and O–H groups in total. The number of aryl methyl sites for hydroxylation is 2. The summed E-state index contributed by atoms with van der Waals surface area (Å²) < 4.78 is 30.7. The maximum absolute atomic E-state index is 14.7. The molecule has 0 saturated heterocycles. The summed E-state index contributed by atoms with van der Waals surface area (Å²) in [4.78, 5) is 2.12. The molecule has 0 aliphatic carbocycles. The minimum absolute atomic E-state index is 0.221. The number of benzene rings is 2. The molecule has 27 heavy (non-hydrogen) atoms. The number of phenols is 1. The zero-order valence-electron chi connectivity index (χ0n) is 15.2. The topological polar surface area (TPSA) is 28.4 Å². The van der Waals surface area contributed by atoms with Gasteiger partial charge in [0, 0.05) is 42.7 Å². The molecule has 2 heterocycles. The third kappa shape index (κ3) is 3.47. The summed E-state index contributed by atoms with van der Waals surface area (Å²) in [5, 5.41) is 10.3. The molecule has 1 aromatic heterocycles. The molecule has 0 fully saturated rings. The average Bonchev–Trinajstić information content (AvgIpc) is 3.02. The third-order valence-corrected chi connectivity index (χ3v) is 5.22. The van der Waals surface area contributed by atoms with Crippen molar-refractivity contribution in [3.8, 4) is 5.75 Å². The van der Waals surface area contributed by atoms with Crippen LogP contribution in [0.2, 0.25) is 0 Å². The molecule has 140 valence electrons. The van der Waals surface area contributed by atoms with E-state index in [4.69, 9.17) is 0 Å². The standard InChI is InChI=1S/C22H22F2N2O/c1-15-5-8-21(27)16(12-15)14-26-11-3-10-25-9-2-4-20(25)22(26)18-13-17(23)6-7-19(18)24/h2,4-9,12-13,22,27H,3,10-11,14H2,1H3/t22-/m0/s1. The van der Waals surface area contributed by atoms with E-state index in [1.165, 1.54) is 12.1 Å². The molecular weight excluding hydrogens is 346 g/mol. The lowest BCUT2D eigenvalue weighted by Gasteiger charge is -2.31. The summed E-state index contributed by atoms with van der Waals surface area (Å²) in [6.07, 6.45) is 2.87. The lowest BCUT2D eigenvalue weighted by Crippen LogP contribution is -2.30. The monoisotopic (exact) mass is 368 g/mol. The zero-order chi connectivity index (χ0) is 19.0. The molecular formula is C22H22F2N2O. The van der Waals surface area contributed by atoms with Crippen LogP contribution in [0.15, 0.2) is 54.7 Å². The predicted octanol–water partition coefficient (Wildman–Crippen LogP) is 4.78. The maximum atomic E-state index is 14.7. The first-order valence-electron chi connectivity index (χ1n) is 9.15. The Morgan fingerprint density at radius 2 is 1.93 bits per heavy atom. The van der Waals surface area contributed by atoms with Gasteiger partial charge in [-0.05, 0) is 49.7 Å². The molecule has 1 atom stereocenters. The van der Waals surface area contributed by atoms with Crippen LogP contribution in [0, 0.1) is 18.6 Å². The molecule has 3 aromatic rings. The normalized spacial score (nSPS) is 17.5. The number of phenolic OH excluding ortho intramolecular Hbond substituents is 1. The fraction of sp³-hybridized carbons (Fsp3) is 0.273. The summed E-state index contributed by atoms with van der Waals surface area (Å²) in [7, 11) is 0. The summed E-state index contributed by atoms with van der Waals surface area (Å²) in [6.45, 7) is 3.97. The van der Waals surface area contributed by atoms with Gasteiger partial charge in [0.05, 0.1) is 6.04 Å². The molecule has 5 heteroatoms. The highest BCUT2D eigenvalue weighted by molar-refractivity contribution is 5.37. The number of hydrogen-bond acceptors (Lipinski definition) is 2. The fourth-order valence-corrected chi connectivity index (χ4v) is 3.95. The Labute approximate surface area is 157 Å². The van der Waals surface area contributed by atoms with Gasteiger partial charge in [-0.2, -0.15) is 0 Å². The maximum Gasteiger partial charge on any atom is 0.128 e. The lowest BCUT2D eigenvalue weighted by molar-refractivity contribution is 0.213. The van der Waals surface area contributed by atoms with Crippen LogP contribution in [0.3, 0.4) is 0 Å². The minimum Gasteiger partial charge on any atom is -0.508 e. The Bertz CT molecular complexity index is 967. The summed E-state index contributed by atoms with van der Waals surface area (Å²) in [5.74, 6) is -0.652. The van der Waals surface area contributed by atoms with E-state index >= 15 is 0 Å². The zero-order valence-corrected chi connectivity index (χ0v) is 15.2. The van der Waals surface area contributed by atoms with E-state index in [2.05, 4.69) is 9.47 Å². The Kier molecular flexibility index (Phi) is 4.70. The van der Waals surface area contributed by atoms with Gasteiger partial charge < -0.3 is 9.67 Å². The van der Waals surface area contributed by atoms with Crippen molar-refractivity contribution < 1.29 is 13.9 Å². The number of rotatable bonds is 3. The van der Waals surface area contributed by atoms with Crippen LogP contribution in [0.25, 0.3) is 0 Å². The molecule has 0 spiro atoms. The second-order valence-corrected chi connectivity index (χ2v) is 7.15. The lowest BCUT2D eigenvalue weighted by atomic mass is 9.99. The first kappa shape index (κ1) is 17.7. The number of halogens is 2. The van der Waals surface area contributed by atoms with E-state index in [0.717, 1.165) is 42.4 Å². The molecule has 3 nitrogen and oxygen atoms in total. The second kappa shape index (κ2) is 7.16. The van der Waals surface area contributed by atoms with Crippen LogP contribution in [0.4, 0.5) is 8.78 Å². The highest BCUT2D eigenvalue weighted by atomic mass is 19.1. The van der Waals surface area contributed by atoms with E-state index in [1.54, 1.807) is 6.07 Å². The van der Waals surface area contributed by atoms with Crippen molar-refractivity contribution in [2.75, 3.05) is 6.54 Å². The Balaban J connectivity index is 1.81. The van der Waals surface area contributed by atoms with Gasteiger partial charge in [-0.25, -0.2) is 8.78 Å². The van der Waals surface area contributed by atoms with Crippen LogP contribution >= 0.6 is 0 Å². The highest BCUT2D eigenvalue weighted by Crippen LogP contribution is 2.35. The van der Waals surface area contributed by atoms with Crippen molar-refractivity contribution in [3.05, 3.63) is 88.7 Å². The van der Waals surface area contributed by atoms with E-state index in [0.29, 0.717) is 12.1 Å². The van der Waals surface area contributed by atoms with Crippen molar-refractivity contribution >= 4 is 0 Å². The van der Waals surface area contributed by atoms with Crippen molar-refractivity contribution in [2.45, 2.75) is 32.5 Å². The van der Waals surface area contributed by atoms with Gasteiger partial charge in [0.25, 0.3) is 0 Å². The van der Waals surface area contributed by atoms with Gasteiger partial charge in [0.1, 0.15) is 17.4 Å². The average molecular weight is 368 g/mol. The molecule has 0 bridgehead atoms. The first-order valence-corrected chi connectivity index (χ1v) is 9.15. The minimum atomic E-state index is -0.452. The number of aromatic hydroxyl groups is 1. The van der Waals surface area contributed by atoms with E-state index in [-0.39, 0.29) is 5.75 Å². The van der Waals surface area contributed by atoms with Crippen LogP contribution in [-0.2, 0) is 13.1 Å². The van der Waals surface area contributed by atoms with Gasteiger partial charge in [-0.1, -0.05) is 17.7 Å². The van der Waals surface area contributed by atoms with Crippen molar-refractivity contribution in [1.82, 2.24) is 9.47 Å². The molecule has 0 radical (unpaired) electrons. The molecule has 0 unspecified atom stereocenters. The SMILES string of the molecule is Cc1ccc(O)c(CN2CCCn3cccc3[C@@H]2c2cc(F)ccc2F)c1. The first-order chi connectivity index (χ1) is 13.0. The van der Waals surface area contributed by atoms with Gasteiger partial charge in [0.15, 0.2) is 0 Å². The molecule has 1 aliphatic heterocycles. The van der Waals surface area contributed by atoms with Gasteiger partial charge >= 0.3 is 0 Å². The van der Waals surface area contributed by atoms with E-state index in [1.807, 2.05) is 37.4 Å². The smallest absolute Gasteiger partial charge is 0.128 e. The van der Waals surface area contributed by atoms with Gasteiger partial charge in [-0.3, -0.25) is 4.90 Å². The van der Waals surface area contributed by atoms with Crippen molar-refractivity contribution in [3.63, 3.8) is 0 Å². The summed E-state index contributed by atoms with van der Waals surface area (Å²) >= 11 is 0. The van der Waals surface area contributed by atoms with E-state index < -0.39 is 17.7 Å². The third-order valence-electron chi connectivity index (χ3n) is 5.22. The fourth-order valence-electron chi connectivity index (χ4n) is 3.95. The molecule has 4 rings (SSSR count). The van der Waals surface area contributed by atoms with Crippen LogP contribution in [0.1, 0.15) is 34.8 Å².